The van der Waals surface area contributed by atoms with Gasteiger partial charge >= 0.3 is 17.9 Å². The van der Waals surface area contributed by atoms with E-state index in [1.165, 1.54) is 0 Å². The van der Waals surface area contributed by atoms with Gasteiger partial charge in [0.1, 0.15) is 0 Å². The lowest BCUT2D eigenvalue weighted by atomic mass is 10.2. The van der Waals surface area contributed by atoms with Crippen LogP contribution in [0.3, 0.4) is 0 Å². The van der Waals surface area contributed by atoms with Crippen molar-refractivity contribution >= 4 is 41.1 Å². The van der Waals surface area contributed by atoms with Crippen LogP contribution < -0.4 is 0 Å². The van der Waals surface area contributed by atoms with Gasteiger partial charge in [-0.2, -0.15) is 0 Å². The molecule has 0 spiro atoms. The first kappa shape index (κ1) is 24.2. The van der Waals surface area contributed by atoms with E-state index in [9.17, 15) is 14.4 Å². The topological polar surface area (TPSA) is 112 Å². The first-order chi connectivity index (χ1) is 9.45. The van der Waals surface area contributed by atoms with Crippen molar-refractivity contribution < 1.29 is 29.7 Å². The Hall–Kier alpha value is -1.79. The Morgan fingerprint density at radius 3 is 1.33 bits per heavy atom. The maximum Gasteiger partial charge on any atom is 0.331 e. The second-order valence-electron chi connectivity index (χ2n) is 3.48. The number of carbonyl (C=O) groups is 3. The maximum atomic E-state index is 9.99. The summed E-state index contributed by atoms with van der Waals surface area (Å²) in [7, 11) is 0. The molecule has 21 heavy (non-hydrogen) atoms. The molecule has 0 bridgehead atoms. The van der Waals surface area contributed by atoms with E-state index in [-0.39, 0.29) is 10.1 Å². The van der Waals surface area contributed by atoms with Gasteiger partial charge in [0.15, 0.2) is 0 Å². The molecule has 0 heterocycles. The lowest BCUT2D eigenvalue weighted by molar-refractivity contribution is -0.139. The van der Waals surface area contributed by atoms with Gasteiger partial charge in [-0.3, -0.25) is 4.79 Å². The molecule has 120 valence electrons. The van der Waals surface area contributed by atoms with Crippen molar-refractivity contribution in [3.63, 3.8) is 0 Å². The lowest BCUT2D eigenvalue weighted by Crippen LogP contribution is -2.04. The molecule has 0 fully saturated rings. The highest BCUT2D eigenvalue weighted by Crippen LogP contribution is 1.99. The third kappa shape index (κ3) is 27.4. The minimum Gasteiger partial charge on any atom is -0.481 e. The molecule has 0 aliphatic rings. The van der Waals surface area contributed by atoms with Crippen molar-refractivity contribution in [3.8, 4) is 0 Å². The summed E-state index contributed by atoms with van der Waals surface area (Å²) in [5.74, 6) is -3.33. The Morgan fingerprint density at radius 1 is 0.905 bits per heavy atom. The number of carboxylic acids is 3. The van der Waals surface area contributed by atoms with E-state index in [0.29, 0.717) is 12.0 Å². The van der Waals surface area contributed by atoms with Crippen LogP contribution in [0.1, 0.15) is 26.2 Å². The molecule has 0 aliphatic heterocycles. The summed E-state index contributed by atoms with van der Waals surface area (Å²) in [6.45, 7) is 11.4. The maximum absolute atomic E-state index is 9.99. The van der Waals surface area contributed by atoms with E-state index in [4.69, 9.17) is 38.5 Å². The van der Waals surface area contributed by atoms with Crippen LogP contribution in [0, 0.1) is 0 Å². The molecule has 0 aromatic heterocycles. The average molecular weight is 341 g/mol. The molecule has 3 N–H and O–H groups in total. The zero-order valence-electron chi connectivity index (χ0n) is 11.6. The van der Waals surface area contributed by atoms with Crippen molar-refractivity contribution in [1.29, 1.82) is 0 Å². The minimum absolute atomic E-state index is 0.111. The van der Waals surface area contributed by atoms with Gasteiger partial charge in [-0.05, 0) is 6.42 Å². The van der Waals surface area contributed by atoms with Crippen LogP contribution in [-0.4, -0.2) is 33.2 Å². The predicted molar refractivity (Wildman–Crippen MR) is 81.6 cm³/mol. The molecule has 8 heteroatoms. The first-order valence-electron chi connectivity index (χ1n) is 5.49. The Kier molecular flexibility index (Phi) is 16.9. The van der Waals surface area contributed by atoms with E-state index in [1.54, 1.807) is 0 Å². The number of halogens is 2. The summed E-state index contributed by atoms with van der Waals surface area (Å²) in [6.07, 6.45) is 0.940. The van der Waals surface area contributed by atoms with E-state index in [2.05, 4.69) is 19.7 Å². The third-order valence-corrected chi connectivity index (χ3v) is 1.52. The third-order valence-electron chi connectivity index (χ3n) is 1.52. The smallest absolute Gasteiger partial charge is 0.331 e. The highest BCUT2D eigenvalue weighted by Gasteiger charge is 2.07. The van der Waals surface area contributed by atoms with Crippen LogP contribution in [-0.2, 0) is 14.4 Å². The summed E-state index contributed by atoms with van der Waals surface area (Å²) < 4.78 is 0.111. The van der Waals surface area contributed by atoms with Gasteiger partial charge < -0.3 is 15.3 Å². The molecule has 0 rings (SSSR count). The highest BCUT2D eigenvalue weighted by molar-refractivity contribution is 6.55. The molecular formula is C13H18Cl2O6. The van der Waals surface area contributed by atoms with E-state index in [0.717, 1.165) is 6.42 Å². The highest BCUT2D eigenvalue weighted by atomic mass is 35.5. The summed E-state index contributed by atoms with van der Waals surface area (Å²) in [5, 5.41) is 24.3. The van der Waals surface area contributed by atoms with Gasteiger partial charge in [0, 0.05) is 11.1 Å². The van der Waals surface area contributed by atoms with E-state index in [1.807, 2.05) is 6.92 Å². The Morgan fingerprint density at radius 2 is 1.24 bits per heavy atom. The molecule has 0 atom stereocenters. The van der Waals surface area contributed by atoms with Gasteiger partial charge in [0.05, 0.1) is 10.9 Å². The zero-order valence-corrected chi connectivity index (χ0v) is 13.1. The summed E-state index contributed by atoms with van der Waals surface area (Å²) in [6, 6.07) is 0. The predicted octanol–water partition coefficient (Wildman–Crippen LogP) is 3.46. The number of rotatable bonds is 6. The fourth-order valence-corrected chi connectivity index (χ4v) is 0.667. The zero-order chi connectivity index (χ0) is 17.6. The van der Waals surface area contributed by atoms with Crippen molar-refractivity contribution in [3.05, 3.63) is 35.4 Å². The largest absolute Gasteiger partial charge is 0.481 e. The second kappa shape index (κ2) is 14.6. The molecule has 0 aromatic rings. The van der Waals surface area contributed by atoms with Crippen molar-refractivity contribution in [1.82, 2.24) is 0 Å². The minimum atomic E-state index is -1.27. The summed E-state index contributed by atoms with van der Waals surface area (Å²) in [5.41, 5.74) is -0.00463. The van der Waals surface area contributed by atoms with Crippen LogP contribution in [0.4, 0.5) is 0 Å². The van der Waals surface area contributed by atoms with Crippen LogP contribution in [0.5, 0.6) is 0 Å². The Bertz CT molecular complexity index is 411. The molecule has 0 unspecified atom stereocenters. The Labute approximate surface area is 133 Å². The van der Waals surface area contributed by atoms with Gasteiger partial charge in [-0.15, -0.1) is 0 Å². The molecular weight excluding hydrogens is 323 g/mol. The van der Waals surface area contributed by atoms with Gasteiger partial charge in [-0.1, -0.05) is 56.3 Å². The number of hydrogen-bond acceptors (Lipinski definition) is 3. The SMILES string of the molecule is C=C(CC(=O)O)C(=O)O.C=C(CCC)C(=O)O.C=C(Cl)Cl. The lowest BCUT2D eigenvalue weighted by Gasteiger charge is -1.92. The van der Waals surface area contributed by atoms with Crippen LogP contribution >= 0.6 is 23.2 Å². The molecule has 0 saturated heterocycles. The van der Waals surface area contributed by atoms with Gasteiger partial charge in [-0.25, -0.2) is 9.59 Å². The fourth-order valence-electron chi connectivity index (χ4n) is 0.667. The summed E-state index contributed by atoms with van der Waals surface area (Å²) in [4.78, 5) is 29.7. The standard InChI is InChI=1S/C6H10O2.C5H6O4.C2H2Cl2/c1-3-4-5(2)6(7)8;1-3(5(8)9)2-4(6)7;1-2(3)4/h2-4H2,1H3,(H,7,8);1-2H2,(H,6,7)(H,8,9);1H2. The van der Waals surface area contributed by atoms with Crippen LogP contribution in [0.2, 0.25) is 0 Å². The van der Waals surface area contributed by atoms with Crippen LogP contribution in [0.15, 0.2) is 35.4 Å². The second-order valence-corrected chi connectivity index (χ2v) is 4.58. The quantitative estimate of drug-likeness (QED) is 0.638. The molecule has 0 saturated carbocycles. The number of aliphatic carboxylic acids is 3. The van der Waals surface area contributed by atoms with Gasteiger partial charge in [0.25, 0.3) is 0 Å². The van der Waals surface area contributed by atoms with E-state index < -0.39 is 24.3 Å². The van der Waals surface area contributed by atoms with Crippen molar-refractivity contribution in [2.24, 2.45) is 0 Å². The van der Waals surface area contributed by atoms with Gasteiger partial charge in [0.2, 0.25) is 0 Å². The number of hydrogen-bond donors (Lipinski definition) is 3. The van der Waals surface area contributed by atoms with Crippen molar-refractivity contribution in [2.45, 2.75) is 26.2 Å². The van der Waals surface area contributed by atoms with Crippen molar-refractivity contribution in [2.75, 3.05) is 0 Å². The summed E-state index contributed by atoms with van der Waals surface area (Å²) >= 11 is 9.69. The molecule has 0 aromatic carbocycles. The molecule has 0 aliphatic carbocycles. The van der Waals surface area contributed by atoms with Crippen LogP contribution in [0.25, 0.3) is 0 Å². The fraction of sp³-hybridized carbons (Fsp3) is 0.308. The molecule has 0 radical (unpaired) electrons. The molecule has 6 nitrogen and oxygen atoms in total. The average Bonchev–Trinajstić information content (AvgIpc) is 2.28. The normalized spacial score (nSPS) is 8.14. The first-order valence-corrected chi connectivity index (χ1v) is 6.25. The Balaban J connectivity index is -0.000000249. The molecule has 0 amide bonds. The van der Waals surface area contributed by atoms with E-state index >= 15 is 0 Å². The number of carboxylic acid groups (broad SMARTS) is 3. The monoisotopic (exact) mass is 340 g/mol.